The summed E-state index contributed by atoms with van der Waals surface area (Å²) in [6, 6.07) is 0.907. The molecule has 26 heavy (non-hydrogen) atoms. The summed E-state index contributed by atoms with van der Waals surface area (Å²) in [5.41, 5.74) is -4.08. The van der Waals surface area contributed by atoms with Crippen molar-refractivity contribution >= 4 is 32.6 Å². The fraction of sp³-hybridized carbons (Fsp3) is 0.286. The predicted octanol–water partition coefficient (Wildman–Crippen LogP) is 5.63. The molecular weight excluding hydrogens is 442 g/mol. The van der Waals surface area contributed by atoms with Crippen LogP contribution in [0.4, 0.5) is 35.1 Å². The molecule has 0 aliphatic rings. The molecule has 0 spiro atoms. The van der Waals surface area contributed by atoms with Gasteiger partial charge in [0, 0.05) is 16.1 Å². The number of aryl methyl sites for hydroxylation is 1. The number of halogens is 9. The molecule has 0 aliphatic heterocycles. The van der Waals surface area contributed by atoms with Crippen molar-refractivity contribution in [1.29, 1.82) is 0 Å². The molecule has 0 unspecified atom stereocenters. The van der Waals surface area contributed by atoms with Crippen molar-refractivity contribution in [3.63, 3.8) is 0 Å². The van der Waals surface area contributed by atoms with Crippen LogP contribution in [0.3, 0.4) is 0 Å². The average molecular weight is 448 g/mol. The average Bonchev–Trinajstić information content (AvgIpc) is 2.84. The molecule has 0 atom stereocenters. The molecule has 0 fully saturated rings. The maximum absolute atomic E-state index is 13.7. The Morgan fingerprint density at radius 3 is 2.12 bits per heavy atom. The van der Waals surface area contributed by atoms with E-state index in [9.17, 15) is 35.1 Å². The first-order valence-electron chi connectivity index (χ1n) is 6.74. The van der Waals surface area contributed by atoms with E-state index in [1.807, 2.05) is 0 Å². The SMILES string of the molecule is Cc1cn2c(cc(Br)c3c(C(F)(F)F)cc(C(F)(F)C(F)(F)F)nc32)n1. The zero-order chi connectivity index (χ0) is 19.7. The third-order valence-corrected chi connectivity index (χ3v) is 4.19. The molecule has 140 valence electrons. The Kier molecular flexibility index (Phi) is 3.98. The number of nitrogens with zero attached hydrogens (tertiary/aromatic N) is 3. The number of imidazole rings is 1. The van der Waals surface area contributed by atoms with Crippen LogP contribution in [-0.4, -0.2) is 20.5 Å². The van der Waals surface area contributed by atoms with Crippen LogP contribution in [-0.2, 0) is 12.1 Å². The molecule has 3 rings (SSSR count). The van der Waals surface area contributed by atoms with Gasteiger partial charge in [0.1, 0.15) is 17.0 Å². The Hall–Kier alpha value is -1.98. The largest absolute Gasteiger partial charge is 0.459 e. The van der Waals surface area contributed by atoms with Gasteiger partial charge in [-0.05, 0) is 35.0 Å². The minimum atomic E-state index is -6.10. The van der Waals surface area contributed by atoms with E-state index in [0.29, 0.717) is 5.69 Å². The smallest absolute Gasteiger partial charge is 0.284 e. The zero-order valence-corrected chi connectivity index (χ0v) is 14.1. The van der Waals surface area contributed by atoms with Crippen LogP contribution >= 0.6 is 15.9 Å². The molecule has 0 N–H and O–H groups in total. The van der Waals surface area contributed by atoms with Crippen LogP contribution in [0.25, 0.3) is 16.7 Å². The van der Waals surface area contributed by atoms with Crippen LogP contribution in [0.1, 0.15) is 17.0 Å². The fourth-order valence-electron chi connectivity index (χ4n) is 2.44. The normalized spacial score (nSPS) is 13.8. The lowest BCUT2D eigenvalue weighted by molar-refractivity contribution is -0.291. The molecule has 0 amide bonds. The molecule has 0 aliphatic carbocycles. The molecule has 3 nitrogen and oxygen atoms in total. The summed E-state index contributed by atoms with van der Waals surface area (Å²) in [4.78, 5) is 7.17. The van der Waals surface area contributed by atoms with Crippen molar-refractivity contribution in [2.45, 2.75) is 25.2 Å². The van der Waals surface area contributed by atoms with Gasteiger partial charge in [0.2, 0.25) is 0 Å². The third kappa shape index (κ3) is 2.79. The molecule has 0 radical (unpaired) electrons. The van der Waals surface area contributed by atoms with Gasteiger partial charge < -0.3 is 0 Å². The molecule has 3 aromatic rings. The molecular formula is C14H6BrF8N3. The summed E-state index contributed by atoms with van der Waals surface area (Å²) in [7, 11) is 0. The highest BCUT2D eigenvalue weighted by Gasteiger charge is 2.60. The topological polar surface area (TPSA) is 30.2 Å². The standard InChI is InChI=1S/C14H6BrF8N3/c1-5-4-26-9(24-5)3-7(15)10-6(13(18,19)20)2-8(25-11(10)26)12(16,17)14(21,22)23/h2-4H,1H3. The lowest BCUT2D eigenvalue weighted by Gasteiger charge is -2.21. The number of fused-ring (bicyclic) bond motifs is 3. The number of alkyl halides is 8. The molecule has 3 aromatic heterocycles. The monoisotopic (exact) mass is 447 g/mol. The second-order valence-electron chi connectivity index (χ2n) is 5.43. The van der Waals surface area contributed by atoms with Gasteiger partial charge in [-0.25, -0.2) is 9.97 Å². The Morgan fingerprint density at radius 2 is 1.58 bits per heavy atom. The van der Waals surface area contributed by atoms with E-state index in [-0.39, 0.29) is 16.2 Å². The summed E-state index contributed by atoms with van der Waals surface area (Å²) in [5, 5.41) is -0.649. The van der Waals surface area contributed by atoms with E-state index in [1.165, 1.54) is 19.2 Å². The molecule has 0 bridgehead atoms. The van der Waals surface area contributed by atoms with Gasteiger partial charge in [0.25, 0.3) is 0 Å². The maximum atomic E-state index is 13.7. The minimum Gasteiger partial charge on any atom is -0.284 e. The van der Waals surface area contributed by atoms with E-state index in [2.05, 4.69) is 25.9 Å². The van der Waals surface area contributed by atoms with Crippen molar-refractivity contribution in [2.24, 2.45) is 0 Å². The molecule has 3 heterocycles. The van der Waals surface area contributed by atoms with Crippen molar-refractivity contribution in [3.05, 3.63) is 39.8 Å². The van der Waals surface area contributed by atoms with Gasteiger partial charge in [-0.2, -0.15) is 35.1 Å². The fourth-order valence-corrected chi connectivity index (χ4v) is 3.04. The summed E-state index contributed by atoms with van der Waals surface area (Å²) in [6.45, 7) is 1.48. The molecule has 0 saturated carbocycles. The molecule has 0 saturated heterocycles. The van der Waals surface area contributed by atoms with Gasteiger partial charge in [0.15, 0.2) is 0 Å². The highest BCUT2D eigenvalue weighted by atomic mass is 79.9. The van der Waals surface area contributed by atoms with Crippen LogP contribution in [0.5, 0.6) is 0 Å². The van der Waals surface area contributed by atoms with Crippen LogP contribution < -0.4 is 0 Å². The van der Waals surface area contributed by atoms with Gasteiger partial charge in [0.05, 0.1) is 11.3 Å². The number of hydrogen-bond donors (Lipinski definition) is 0. The molecule has 0 aromatic carbocycles. The Morgan fingerprint density at radius 1 is 0.962 bits per heavy atom. The van der Waals surface area contributed by atoms with Gasteiger partial charge in [-0.1, -0.05) is 0 Å². The van der Waals surface area contributed by atoms with Crippen molar-refractivity contribution in [1.82, 2.24) is 14.4 Å². The first-order valence-corrected chi connectivity index (χ1v) is 7.54. The first kappa shape index (κ1) is 18.8. The summed E-state index contributed by atoms with van der Waals surface area (Å²) < 4.78 is 106. The highest BCUT2D eigenvalue weighted by Crippen LogP contribution is 2.46. The maximum Gasteiger partial charge on any atom is 0.459 e. The Labute approximate surface area is 147 Å². The van der Waals surface area contributed by atoms with Gasteiger partial charge >= 0.3 is 18.3 Å². The zero-order valence-electron chi connectivity index (χ0n) is 12.5. The van der Waals surface area contributed by atoms with Crippen LogP contribution in [0, 0.1) is 6.92 Å². The quantitative estimate of drug-likeness (QED) is 0.452. The van der Waals surface area contributed by atoms with Crippen LogP contribution in [0.2, 0.25) is 0 Å². The lowest BCUT2D eigenvalue weighted by Crippen LogP contribution is -2.35. The molecule has 12 heteroatoms. The Balaban J connectivity index is 2.53. The van der Waals surface area contributed by atoms with Crippen LogP contribution in [0.15, 0.2) is 22.8 Å². The van der Waals surface area contributed by atoms with E-state index in [1.54, 1.807) is 0 Å². The van der Waals surface area contributed by atoms with E-state index >= 15 is 0 Å². The van der Waals surface area contributed by atoms with E-state index in [0.717, 1.165) is 4.40 Å². The minimum absolute atomic E-state index is 0.0370. The number of rotatable bonds is 1. The van der Waals surface area contributed by atoms with Crippen molar-refractivity contribution < 1.29 is 35.1 Å². The lowest BCUT2D eigenvalue weighted by atomic mass is 10.1. The summed E-state index contributed by atoms with van der Waals surface area (Å²) in [6.07, 6.45) is -10.1. The van der Waals surface area contributed by atoms with Crippen molar-refractivity contribution in [2.75, 3.05) is 0 Å². The van der Waals surface area contributed by atoms with Gasteiger partial charge in [-0.3, -0.25) is 4.40 Å². The van der Waals surface area contributed by atoms with E-state index in [4.69, 9.17) is 0 Å². The summed E-state index contributed by atoms with van der Waals surface area (Å²) >= 11 is 2.88. The first-order chi connectivity index (χ1) is 11.7. The van der Waals surface area contributed by atoms with Gasteiger partial charge in [-0.15, -0.1) is 0 Å². The van der Waals surface area contributed by atoms with Crippen molar-refractivity contribution in [3.8, 4) is 0 Å². The second kappa shape index (κ2) is 5.51. The summed E-state index contributed by atoms with van der Waals surface area (Å²) in [5.74, 6) is -5.56. The second-order valence-corrected chi connectivity index (χ2v) is 6.28. The highest BCUT2D eigenvalue weighted by molar-refractivity contribution is 9.10. The predicted molar refractivity (Wildman–Crippen MR) is 77.9 cm³/mol. The van der Waals surface area contributed by atoms with E-state index < -0.39 is 40.6 Å². The number of hydrogen-bond acceptors (Lipinski definition) is 2. The third-order valence-electron chi connectivity index (χ3n) is 3.56. The number of aromatic nitrogens is 3. The Bertz CT molecular complexity index is 1020. The number of pyridine rings is 2.